The molecule has 94 valence electrons. The van der Waals surface area contributed by atoms with Crippen LogP contribution < -0.4 is 20.8 Å². The fourth-order valence-electron chi connectivity index (χ4n) is 1.53. The lowest BCUT2D eigenvalue weighted by molar-refractivity contribution is 0.363. The molecule has 0 spiro atoms. The Morgan fingerprint density at radius 3 is 2.78 bits per heavy atom. The molecule has 6 heteroatoms. The van der Waals surface area contributed by atoms with Crippen molar-refractivity contribution in [2.24, 2.45) is 0 Å². The van der Waals surface area contributed by atoms with E-state index in [1.807, 2.05) is 19.1 Å². The van der Waals surface area contributed by atoms with Crippen LogP contribution in [0.5, 0.6) is 17.4 Å². The fraction of sp³-hybridized carbons (Fsp3) is 0.167. The van der Waals surface area contributed by atoms with E-state index in [-0.39, 0.29) is 11.6 Å². The van der Waals surface area contributed by atoms with Gasteiger partial charge in [0.1, 0.15) is 0 Å². The number of hydrogen-bond acceptors (Lipinski definition) is 5. The van der Waals surface area contributed by atoms with E-state index in [2.05, 4.69) is 9.97 Å². The number of benzene rings is 1. The van der Waals surface area contributed by atoms with E-state index in [4.69, 9.17) is 15.2 Å². The summed E-state index contributed by atoms with van der Waals surface area (Å²) < 4.78 is 10.5. The molecule has 3 N–H and O–H groups in total. The molecule has 18 heavy (non-hydrogen) atoms. The molecule has 1 aromatic carbocycles. The molecule has 0 aliphatic rings. The molecule has 0 saturated carbocycles. The maximum Gasteiger partial charge on any atom is 0.297 e. The number of rotatable bonds is 3. The number of aromatic amines is 1. The van der Waals surface area contributed by atoms with Crippen LogP contribution in [0.2, 0.25) is 0 Å². The Balaban J connectivity index is 2.47. The highest BCUT2D eigenvalue weighted by molar-refractivity contribution is 5.57. The Hall–Kier alpha value is -2.50. The molecule has 0 amide bonds. The number of para-hydroxylation sites is 1. The lowest BCUT2D eigenvalue weighted by atomic mass is 10.2. The topological polar surface area (TPSA) is 90.2 Å². The normalized spacial score (nSPS) is 10.1. The van der Waals surface area contributed by atoms with Gasteiger partial charge >= 0.3 is 0 Å². The van der Waals surface area contributed by atoms with Crippen molar-refractivity contribution in [2.75, 3.05) is 12.8 Å². The number of methoxy groups -OCH3 is 1. The summed E-state index contributed by atoms with van der Waals surface area (Å²) in [6, 6.07) is 5.38. The van der Waals surface area contributed by atoms with Gasteiger partial charge in [0.05, 0.1) is 19.1 Å². The number of aryl methyl sites for hydroxylation is 1. The lowest BCUT2D eigenvalue weighted by Gasteiger charge is -2.11. The van der Waals surface area contributed by atoms with Crippen molar-refractivity contribution in [1.29, 1.82) is 0 Å². The van der Waals surface area contributed by atoms with Gasteiger partial charge in [0.2, 0.25) is 5.75 Å². The second-order valence-corrected chi connectivity index (χ2v) is 3.67. The van der Waals surface area contributed by atoms with Crippen molar-refractivity contribution in [3.8, 4) is 17.4 Å². The first kappa shape index (κ1) is 12.0. The SMILES string of the molecule is COc1c(Oc2c(C)cccc2N)nc[nH]c1=O. The van der Waals surface area contributed by atoms with Crippen molar-refractivity contribution in [1.82, 2.24) is 9.97 Å². The van der Waals surface area contributed by atoms with Gasteiger partial charge in [-0.25, -0.2) is 4.98 Å². The molecular formula is C12H13N3O3. The summed E-state index contributed by atoms with van der Waals surface area (Å²) in [6.45, 7) is 1.85. The summed E-state index contributed by atoms with van der Waals surface area (Å²) in [5.74, 6) is 0.566. The van der Waals surface area contributed by atoms with E-state index in [0.29, 0.717) is 11.4 Å². The summed E-state index contributed by atoms with van der Waals surface area (Å²) in [7, 11) is 1.38. The zero-order valence-corrected chi connectivity index (χ0v) is 10.1. The van der Waals surface area contributed by atoms with Gasteiger partial charge in [-0.3, -0.25) is 4.79 Å². The third kappa shape index (κ3) is 2.13. The number of anilines is 1. The van der Waals surface area contributed by atoms with Gasteiger partial charge in [0.25, 0.3) is 11.4 Å². The maximum absolute atomic E-state index is 11.5. The summed E-state index contributed by atoms with van der Waals surface area (Å²) in [4.78, 5) is 17.8. The molecule has 0 fully saturated rings. The molecule has 1 aromatic heterocycles. The zero-order chi connectivity index (χ0) is 13.1. The summed E-state index contributed by atoms with van der Waals surface area (Å²) in [5, 5.41) is 0. The van der Waals surface area contributed by atoms with E-state index in [9.17, 15) is 4.79 Å². The van der Waals surface area contributed by atoms with E-state index in [1.54, 1.807) is 6.07 Å². The smallest absolute Gasteiger partial charge is 0.297 e. The largest absolute Gasteiger partial charge is 0.487 e. The van der Waals surface area contributed by atoms with Gasteiger partial charge in [-0.1, -0.05) is 12.1 Å². The first-order valence-electron chi connectivity index (χ1n) is 5.28. The fourth-order valence-corrected chi connectivity index (χ4v) is 1.53. The molecular weight excluding hydrogens is 234 g/mol. The third-order valence-electron chi connectivity index (χ3n) is 2.42. The molecule has 0 bridgehead atoms. The van der Waals surface area contributed by atoms with Gasteiger partial charge in [-0.2, -0.15) is 0 Å². The van der Waals surface area contributed by atoms with Gasteiger partial charge in [-0.05, 0) is 18.6 Å². The van der Waals surface area contributed by atoms with Crippen molar-refractivity contribution >= 4 is 5.69 Å². The second kappa shape index (κ2) is 4.79. The molecule has 0 aliphatic heterocycles. The number of nitrogen functional groups attached to an aromatic ring is 1. The van der Waals surface area contributed by atoms with E-state index in [0.717, 1.165) is 5.56 Å². The molecule has 6 nitrogen and oxygen atoms in total. The van der Waals surface area contributed by atoms with Crippen LogP contribution >= 0.6 is 0 Å². The standard InChI is InChI=1S/C12H13N3O3/c1-7-4-3-5-8(13)9(7)18-12-10(17-2)11(16)14-6-15-12/h3-6H,13H2,1-2H3,(H,14,15,16). The maximum atomic E-state index is 11.5. The number of nitrogens with one attached hydrogen (secondary N) is 1. The van der Waals surface area contributed by atoms with Crippen LogP contribution in [0.25, 0.3) is 0 Å². The monoisotopic (exact) mass is 247 g/mol. The molecule has 0 radical (unpaired) electrons. The predicted octanol–water partition coefficient (Wildman–Crippen LogP) is 1.46. The number of hydrogen-bond donors (Lipinski definition) is 2. The van der Waals surface area contributed by atoms with Crippen molar-refractivity contribution < 1.29 is 9.47 Å². The van der Waals surface area contributed by atoms with Gasteiger partial charge in [0.15, 0.2) is 5.75 Å². The lowest BCUT2D eigenvalue weighted by Crippen LogP contribution is -2.11. The Morgan fingerprint density at radius 2 is 2.11 bits per heavy atom. The first-order chi connectivity index (χ1) is 8.63. The van der Waals surface area contributed by atoms with E-state index in [1.165, 1.54) is 13.4 Å². The predicted molar refractivity (Wildman–Crippen MR) is 67.1 cm³/mol. The quantitative estimate of drug-likeness (QED) is 0.801. The molecule has 0 unspecified atom stereocenters. The van der Waals surface area contributed by atoms with Crippen molar-refractivity contribution in [2.45, 2.75) is 6.92 Å². The zero-order valence-electron chi connectivity index (χ0n) is 10.1. The highest BCUT2D eigenvalue weighted by Crippen LogP contribution is 2.32. The highest BCUT2D eigenvalue weighted by atomic mass is 16.5. The van der Waals surface area contributed by atoms with Crippen molar-refractivity contribution in [3.05, 3.63) is 40.4 Å². The molecule has 2 aromatic rings. The van der Waals surface area contributed by atoms with Gasteiger partial charge in [0, 0.05) is 0 Å². The Morgan fingerprint density at radius 1 is 1.33 bits per heavy atom. The summed E-state index contributed by atoms with van der Waals surface area (Å²) in [5.41, 5.74) is 6.73. The van der Waals surface area contributed by atoms with E-state index >= 15 is 0 Å². The number of ether oxygens (including phenoxy) is 2. The molecule has 0 saturated heterocycles. The average molecular weight is 247 g/mol. The Bertz CT molecular complexity index is 602. The Labute approximate surface area is 103 Å². The molecule has 0 aliphatic carbocycles. The van der Waals surface area contributed by atoms with Gasteiger partial charge in [-0.15, -0.1) is 0 Å². The third-order valence-corrected chi connectivity index (χ3v) is 2.42. The molecule has 0 atom stereocenters. The first-order valence-corrected chi connectivity index (χ1v) is 5.28. The van der Waals surface area contributed by atoms with Crippen LogP contribution in [0.4, 0.5) is 5.69 Å². The van der Waals surface area contributed by atoms with Crippen LogP contribution in [0.1, 0.15) is 5.56 Å². The summed E-state index contributed by atoms with van der Waals surface area (Å²) in [6.07, 6.45) is 1.24. The molecule has 2 rings (SSSR count). The van der Waals surface area contributed by atoms with Crippen LogP contribution in [0.15, 0.2) is 29.3 Å². The minimum Gasteiger partial charge on any atom is -0.487 e. The van der Waals surface area contributed by atoms with Crippen LogP contribution in [-0.2, 0) is 0 Å². The van der Waals surface area contributed by atoms with E-state index < -0.39 is 5.56 Å². The second-order valence-electron chi connectivity index (χ2n) is 3.67. The average Bonchev–Trinajstić information content (AvgIpc) is 2.34. The minimum absolute atomic E-state index is 0.0140. The van der Waals surface area contributed by atoms with Crippen LogP contribution in [0, 0.1) is 6.92 Å². The molecule has 1 heterocycles. The number of nitrogens with two attached hydrogens (primary N) is 1. The van der Waals surface area contributed by atoms with Crippen LogP contribution in [-0.4, -0.2) is 17.1 Å². The van der Waals surface area contributed by atoms with Crippen molar-refractivity contribution in [3.63, 3.8) is 0 Å². The number of aromatic nitrogens is 2. The highest BCUT2D eigenvalue weighted by Gasteiger charge is 2.14. The number of nitrogens with zero attached hydrogens (tertiary/aromatic N) is 1. The van der Waals surface area contributed by atoms with Crippen LogP contribution in [0.3, 0.4) is 0 Å². The summed E-state index contributed by atoms with van der Waals surface area (Å²) >= 11 is 0. The number of H-pyrrole nitrogens is 1. The minimum atomic E-state index is -0.408. The van der Waals surface area contributed by atoms with Gasteiger partial charge < -0.3 is 20.2 Å². The Kier molecular flexibility index (Phi) is 3.18.